The topological polar surface area (TPSA) is 35.6 Å². The minimum Gasteiger partial charge on any atom is -0.287 e. The lowest BCUT2D eigenvalue weighted by molar-refractivity contribution is 0.767. The molecule has 0 spiro atoms. The van der Waals surface area contributed by atoms with Crippen LogP contribution in [0.5, 0.6) is 0 Å². The highest BCUT2D eigenvalue weighted by Gasteiger charge is 2.12. The van der Waals surface area contributed by atoms with E-state index in [0.717, 1.165) is 27.6 Å². The van der Waals surface area contributed by atoms with Gasteiger partial charge in [-0.2, -0.15) is 5.10 Å². The molecule has 0 atom stereocenters. The summed E-state index contributed by atoms with van der Waals surface area (Å²) in [7, 11) is 1.94. The van der Waals surface area contributed by atoms with Gasteiger partial charge in [0.05, 0.1) is 17.2 Å². The molecule has 2 aromatic carbocycles. The molecule has 2 aromatic heterocycles. The van der Waals surface area contributed by atoms with Gasteiger partial charge in [0.25, 0.3) is 0 Å². The summed E-state index contributed by atoms with van der Waals surface area (Å²) in [6, 6.07) is 18.6. The summed E-state index contributed by atoms with van der Waals surface area (Å²) >= 11 is 1.73. The number of aryl methyl sites for hydroxylation is 1. The first-order chi connectivity index (χ1) is 11.3. The van der Waals surface area contributed by atoms with Crippen molar-refractivity contribution in [3.8, 4) is 5.69 Å². The quantitative estimate of drug-likeness (QED) is 0.532. The van der Waals surface area contributed by atoms with Crippen molar-refractivity contribution < 1.29 is 0 Å². The van der Waals surface area contributed by atoms with Gasteiger partial charge in [0.15, 0.2) is 5.16 Å². The van der Waals surface area contributed by atoms with Gasteiger partial charge in [-0.05, 0) is 24.3 Å². The normalized spacial score (nSPS) is 11.2. The maximum Gasteiger partial charge on any atom is 0.174 e. The summed E-state index contributed by atoms with van der Waals surface area (Å²) in [5.41, 5.74) is 4.48. The number of imidazole rings is 1. The van der Waals surface area contributed by atoms with Gasteiger partial charge in [0.2, 0.25) is 0 Å². The fourth-order valence-corrected chi connectivity index (χ4v) is 3.56. The Kier molecular flexibility index (Phi) is 3.63. The molecule has 23 heavy (non-hydrogen) atoms. The number of benzene rings is 2. The summed E-state index contributed by atoms with van der Waals surface area (Å²) in [6.45, 7) is 0. The zero-order valence-corrected chi connectivity index (χ0v) is 13.6. The zero-order chi connectivity index (χ0) is 15.6. The number of fused-ring (bicyclic) bond motifs is 1. The SMILES string of the molecule is Cn1cc(CSc2nc3ccccc3n2-c2ccccc2)cn1. The van der Waals surface area contributed by atoms with Gasteiger partial charge >= 0.3 is 0 Å². The minimum atomic E-state index is 0.851. The van der Waals surface area contributed by atoms with Crippen LogP contribution in [0, 0.1) is 0 Å². The molecule has 4 rings (SSSR count). The van der Waals surface area contributed by atoms with E-state index in [-0.39, 0.29) is 0 Å². The Hall–Kier alpha value is -2.53. The highest BCUT2D eigenvalue weighted by molar-refractivity contribution is 7.98. The summed E-state index contributed by atoms with van der Waals surface area (Å²) < 4.78 is 4.05. The van der Waals surface area contributed by atoms with Crippen LogP contribution in [0.2, 0.25) is 0 Å². The van der Waals surface area contributed by atoms with Crippen LogP contribution in [0.4, 0.5) is 0 Å². The van der Waals surface area contributed by atoms with E-state index in [0.29, 0.717) is 0 Å². The fraction of sp³-hybridized carbons (Fsp3) is 0.111. The molecule has 0 saturated heterocycles. The molecule has 0 aliphatic rings. The average Bonchev–Trinajstić information content (AvgIpc) is 3.16. The van der Waals surface area contributed by atoms with Crippen molar-refractivity contribution in [2.45, 2.75) is 10.9 Å². The van der Waals surface area contributed by atoms with Crippen molar-refractivity contribution >= 4 is 22.8 Å². The van der Waals surface area contributed by atoms with E-state index < -0.39 is 0 Å². The van der Waals surface area contributed by atoms with Crippen molar-refractivity contribution in [3.63, 3.8) is 0 Å². The second-order valence-electron chi connectivity index (χ2n) is 5.36. The lowest BCUT2D eigenvalue weighted by atomic mass is 10.3. The third-order valence-electron chi connectivity index (χ3n) is 3.67. The average molecular weight is 320 g/mol. The molecule has 5 heteroatoms. The molecule has 0 saturated carbocycles. The summed E-state index contributed by atoms with van der Waals surface area (Å²) in [6.07, 6.45) is 3.95. The Morgan fingerprint density at radius 2 is 1.78 bits per heavy atom. The Morgan fingerprint density at radius 1 is 1.00 bits per heavy atom. The Labute approximate surface area is 138 Å². The van der Waals surface area contributed by atoms with Crippen LogP contribution in [0.15, 0.2) is 72.1 Å². The van der Waals surface area contributed by atoms with Crippen LogP contribution in [0.3, 0.4) is 0 Å². The molecule has 2 heterocycles. The third kappa shape index (κ3) is 2.75. The lowest BCUT2D eigenvalue weighted by Crippen LogP contribution is -1.96. The van der Waals surface area contributed by atoms with Crippen LogP contribution in [-0.2, 0) is 12.8 Å². The van der Waals surface area contributed by atoms with E-state index in [2.05, 4.69) is 52.1 Å². The number of para-hydroxylation sites is 3. The van der Waals surface area contributed by atoms with Gasteiger partial charge < -0.3 is 0 Å². The first-order valence-electron chi connectivity index (χ1n) is 7.44. The molecule has 0 aliphatic carbocycles. The maximum atomic E-state index is 4.81. The Bertz CT molecular complexity index is 940. The van der Waals surface area contributed by atoms with Gasteiger partial charge in [-0.25, -0.2) is 4.98 Å². The molecule has 114 valence electrons. The summed E-state index contributed by atoms with van der Waals surface area (Å²) in [4.78, 5) is 4.81. The van der Waals surface area contributed by atoms with E-state index in [1.54, 1.807) is 11.8 Å². The molecule has 0 N–H and O–H groups in total. The molecule has 0 bridgehead atoms. The highest BCUT2D eigenvalue weighted by Crippen LogP contribution is 2.29. The van der Waals surface area contributed by atoms with Gasteiger partial charge in [-0.1, -0.05) is 42.1 Å². The first-order valence-corrected chi connectivity index (χ1v) is 8.43. The second kappa shape index (κ2) is 5.93. The lowest BCUT2D eigenvalue weighted by Gasteiger charge is -2.08. The number of nitrogens with zero attached hydrogens (tertiary/aromatic N) is 4. The number of rotatable bonds is 4. The van der Waals surface area contributed by atoms with E-state index >= 15 is 0 Å². The van der Waals surface area contributed by atoms with Crippen molar-refractivity contribution in [2.24, 2.45) is 7.05 Å². The van der Waals surface area contributed by atoms with E-state index in [4.69, 9.17) is 4.98 Å². The monoisotopic (exact) mass is 320 g/mol. The second-order valence-corrected chi connectivity index (χ2v) is 6.31. The first kappa shape index (κ1) is 14.1. The summed E-state index contributed by atoms with van der Waals surface area (Å²) in [5.74, 6) is 0.851. The van der Waals surface area contributed by atoms with E-state index in [9.17, 15) is 0 Å². The van der Waals surface area contributed by atoms with Crippen LogP contribution in [-0.4, -0.2) is 19.3 Å². The molecule has 0 radical (unpaired) electrons. The van der Waals surface area contributed by atoms with Gasteiger partial charge in [-0.15, -0.1) is 0 Å². The van der Waals surface area contributed by atoms with Crippen LogP contribution < -0.4 is 0 Å². The number of thioether (sulfide) groups is 1. The Balaban J connectivity index is 1.76. The molecular weight excluding hydrogens is 304 g/mol. The zero-order valence-electron chi connectivity index (χ0n) is 12.8. The molecule has 4 nitrogen and oxygen atoms in total. The number of hydrogen-bond donors (Lipinski definition) is 0. The van der Waals surface area contributed by atoms with Crippen LogP contribution in [0.1, 0.15) is 5.56 Å². The third-order valence-corrected chi connectivity index (χ3v) is 4.68. The molecular formula is C18H16N4S. The minimum absolute atomic E-state index is 0.851. The smallest absolute Gasteiger partial charge is 0.174 e. The van der Waals surface area contributed by atoms with Crippen LogP contribution in [0.25, 0.3) is 16.7 Å². The fourth-order valence-electron chi connectivity index (χ4n) is 2.62. The Morgan fingerprint density at radius 3 is 2.57 bits per heavy atom. The van der Waals surface area contributed by atoms with Gasteiger partial charge in [-0.3, -0.25) is 9.25 Å². The number of hydrogen-bond acceptors (Lipinski definition) is 3. The summed E-state index contributed by atoms with van der Waals surface area (Å²) in [5, 5.41) is 5.23. The van der Waals surface area contributed by atoms with Crippen LogP contribution >= 0.6 is 11.8 Å². The highest BCUT2D eigenvalue weighted by atomic mass is 32.2. The van der Waals surface area contributed by atoms with Crippen molar-refractivity contribution in [1.29, 1.82) is 0 Å². The molecule has 0 unspecified atom stereocenters. The van der Waals surface area contributed by atoms with E-state index in [1.165, 1.54) is 5.56 Å². The van der Waals surface area contributed by atoms with Gasteiger partial charge in [0.1, 0.15) is 0 Å². The molecule has 4 aromatic rings. The van der Waals surface area contributed by atoms with Crippen molar-refractivity contribution in [2.75, 3.05) is 0 Å². The van der Waals surface area contributed by atoms with Crippen molar-refractivity contribution in [1.82, 2.24) is 19.3 Å². The largest absolute Gasteiger partial charge is 0.287 e. The standard InChI is InChI=1S/C18H16N4S/c1-21-12-14(11-19-21)13-23-18-20-16-9-5-6-10-17(16)22(18)15-7-3-2-4-8-15/h2-12H,13H2,1H3. The van der Waals surface area contributed by atoms with Crippen molar-refractivity contribution in [3.05, 3.63) is 72.6 Å². The molecule has 0 amide bonds. The predicted molar refractivity (Wildman–Crippen MR) is 93.8 cm³/mol. The molecule has 0 fully saturated rings. The number of aromatic nitrogens is 4. The van der Waals surface area contributed by atoms with Gasteiger partial charge in [0, 0.05) is 30.2 Å². The predicted octanol–water partition coefficient (Wildman–Crippen LogP) is 4.05. The maximum absolute atomic E-state index is 4.81. The van der Waals surface area contributed by atoms with E-state index in [1.807, 2.05) is 36.3 Å². The molecule has 0 aliphatic heterocycles.